The molecule has 0 unspecified atom stereocenters. The van der Waals surface area contributed by atoms with E-state index in [0.717, 1.165) is 5.56 Å². The van der Waals surface area contributed by atoms with E-state index in [1.807, 2.05) is 6.07 Å². The molecule has 9 heteroatoms. The molecular formula is C18H15N5O4. The summed E-state index contributed by atoms with van der Waals surface area (Å²) < 4.78 is 0. The van der Waals surface area contributed by atoms with Crippen molar-refractivity contribution in [1.82, 2.24) is 15.0 Å². The number of nitrogens with zero attached hydrogens (tertiary/aromatic N) is 4. The van der Waals surface area contributed by atoms with Gasteiger partial charge in [-0.15, -0.1) is 0 Å². The van der Waals surface area contributed by atoms with E-state index >= 15 is 0 Å². The number of aliphatic carboxylic acids is 1. The number of aromatic nitrogens is 3. The van der Waals surface area contributed by atoms with E-state index in [-0.39, 0.29) is 17.9 Å². The zero-order valence-corrected chi connectivity index (χ0v) is 14.1. The highest BCUT2D eigenvalue weighted by Gasteiger charge is 2.13. The van der Waals surface area contributed by atoms with E-state index in [0.29, 0.717) is 23.5 Å². The van der Waals surface area contributed by atoms with Crippen molar-refractivity contribution >= 4 is 23.3 Å². The largest absolute Gasteiger partial charge is 0.481 e. The lowest BCUT2D eigenvalue weighted by Crippen LogP contribution is -2.00. The fourth-order valence-electron chi connectivity index (χ4n) is 2.47. The number of carbonyl (C=O) groups is 1. The zero-order chi connectivity index (χ0) is 19.2. The summed E-state index contributed by atoms with van der Waals surface area (Å²) in [6.45, 7) is 0. The molecule has 0 bridgehead atoms. The number of hydrogen-bond donors (Lipinski definition) is 2. The Kier molecular flexibility index (Phi) is 5.31. The zero-order valence-electron chi connectivity index (χ0n) is 14.1. The number of pyridine rings is 1. The maximum atomic E-state index is 11.3. The third kappa shape index (κ3) is 4.82. The van der Waals surface area contributed by atoms with Crippen molar-refractivity contribution in [3.05, 3.63) is 70.7 Å². The minimum absolute atomic E-state index is 0.00526. The van der Waals surface area contributed by atoms with Gasteiger partial charge in [-0.25, -0.2) is 9.97 Å². The van der Waals surface area contributed by atoms with Gasteiger partial charge in [0.05, 0.1) is 22.9 Å². The summed E-state index contributed by atoms with van der Waals surface area (Å²) in [5.74, 6) is -0.216. The molecule has 2 aromatic heterocycles. The molecule has 136 valence electrons. The molecule has 2 heterocycles. The van der Waals surface area contributed by atoms with Crippen molar-refractivity contribution in [3.63, 3.8) is 0 Å². The maximum absolute atomic E-state index is 11.3. The van der Waals surface area contributed by atoms with E-state index < -0.39 is 10.9 Å². The number of carboxylic acids is 1. The predicted molar refractivity (Wildman–Crippen MR) is 97.6 cm³/mol. The Morgan fingerprint density at radius 3 is 2.74 bits per heavy atom. The van der Waals surface area contributed by atoms with Crippen LogP contribution in [0.25, 0.3) is 11.3 Å². The minimum Gasteiger partial charge on any atom is -0.481 e. The molecule has 0 radical (unpaired) electrons. The van der Waals surface area contributed by atoms with Crippen LogP contribution in [-0.4, -0.2) is 31.0 Å². The number of rotatable bonds is 7. The molecule has 0 aliphatic rings. The van der Waals surface area contributed by atoms with Gasteiger partial charge in [-0.2, -0.15) is 0 Å². The topological polar surface area (TPSA) is 131 Å². The number of benzene rings is 1. The monoisotopic (exact) mass is 365 g/mol. The van der Waals surface area contributed by atoms with Gasteiger partial charge in [-0.05, 0) is 18.1 Å². The standard InChI is InChI=1S/C18H15N5O4/c24-18(25)5-4-12-2-1-3-13(8-12)15-9-14(23(26)27)10-16(21-15)22-17-11-19-6-7-20-17/h1-3,6-11H,4-5H2,(H,24,25)(H,20,21,22). The number of nitro groups is 1. The summed E-state index contributed by atoms with van der Waals surface area (Å²) in [5, 5.41) is 23.0. The van der Waals surface area contributed by atoms with Crippen molar-refractivity contribution in [1.29, 1.82) is 0 Å². The van der Waals surface area contributed by atoms with Crippen LogP contribution in [0.2, 0.25) is 0 Å². The van der Waals surface area contributed by atoms with E-state index in [1.165, 1.54) is 30.7 Å². The molecule has 0 spiro atoms. The van der Waals surface area contributed by atoms with E-state index in [2.05, 4.69) is 20.3 Å². The van der Waals surface area contributed by atoms with Gasteiger partial charge < -0.3 is 10.4 Å². The van der Waals surface area contributed by atoms with Gasteiger partial charge in [0.25, 0.3) is 5.69 Å². The third-order valence-corrected chi connectivity index (χ3v) is 3.69. The SMILES string of the molecule is O=C(O)CCc1cccc(-c2cc([N+](=O)[O-])cc(Nc3cnccn3)n2)c1. The first kappa shape index (κ1) is 17.9. The fourth-order valence-corrected chi connectivity index (χ4v) is 2.47. The molecule has 3 rings (SSSR count). The number of nitrogens with one attached hydrogen (secondary N) is 1. The Bertz CT molecular complexity index is 978. The van der Waals surface area contributed by atoms with E-state index in [4.69, 9.17) is 5.11 Å². The molecule has 9 nitrogen and oxygen atoms in total. The van der Waals surface area contributed by atoms with Gasteiger partial charge in [0.2, 0.25) is 0 Å². The van der Waals surface area contributed by atoms with Crippen LogP contribution in [0.1, 0.15) is 12.0 Å². The van der Waals surface area contributed by atoms with Crippen LogP contribution in [0.3, 0.4) is 0 Å². The maximum Gasteiger partial charge on any atom is 0.303 e. The van der Waals surface area contributed by atoms with Gasteiger partial charge in [0.15, 0.2) is 0 Å². The van der Waals surface area contributed by atoms with Gasteiger partial charge in [0, 0.05) is 30.4 Å². The lowest BCUT2D eigenvalue weighted by atomic mass is 10.0. The number of hydrogen-bond acceptors (Lipinski definition) is 7. The van der Waals surface area contributed by atoms with Crippen LogP contribution < -0.4 is 5.32 Å². The first-order chi connectivity index (χ1) is 13.0. The summed E-state index contributed by atoms with van der Waals surface area (Å²) in [4.78, 5) is 34.0. The van der Waals surface area contributed by atoms with Crippen LogP contribution in [0.5, 0.6) is 0 Å². The van der Waals surface area contributed by atoms with E-state index in [1.54, 1.807) is 18.2 Å². The normalized spacial score (nSPS) is 10.4. The quantitative estimate of drug-likeness (QED) is 0.482. The average Bonchev–Trinajstić information content (AvgIpc) is 2.67. The Morgan fingerprint density at radius 1 is 1.19 bits per heavy atom. The highest BCUT2D eigenvalue weighted by Crippen LogP contribution is 2.27. The molecule has 0 aliphatic carbocycles. The third-order valence-electron chi connectivity index (χ3n) is 3.69. The molecule has 0 fully saturated rings. The first-order valence-electron chi connectivity index (χ1n) is 8.02. The smallest absolute Gasteiger partial charge is 0.303 e. The molecule has 27 heavy (non-hydrogen) atoms. The molecule has 2 N–H and O–H groups in total. The molecule has 0 atom stereocenters. The summed E-state index contributed by atoms with van der Waals surface area (Å²) in [6, 6.07) is 9.81. The second-order valence-corrected chi connectivity index (χ2v) is 5.66. The molecule has 0 amide bonds. The lowest BCUT2D eigenvalue weighted by Gasteiger charge is -2.08. The highest BCUT2D eigenvalue weighted by atomic mass is 16.6. The van der Waals surface area contributed by atoms with Crippen LogP contribution in [0.15, 0.2) is 55.0 Å². The Morgan fingerprint density at radius 2 is 2.04 bits per heavy atom. The van der Waals surface area contributed by atoms with Crippen molar-refractivity contribution in [2.45, 2.75) is 12.8 Å². The fraction of sp³-hybridized carbons (Fsp3) is 0.111. The van der Waals surface area contributed by atoms with Crippen LogP contribution in [-0.2, 0) is 11.2 Å². The first-order valence-corrected chi connectivity index (χ1v) is 8.02. The van der Waals surface area contributed by atoms with Crippen molar-refractivity contribution in [2.75, 3.05) is 5.32 Å². The summed E-state index contributed by atoms with van der Waals surface area (Å²) in [5.41, 5.74) is 1.74. The summed E-state index contributed by atoms with van der Waals surface area (Å²) in [6.07, 6.45) is 4.85. The van der Waals surface area contributed by atoms with Crippen molar-refractivity contribution in [2.24, 2.45) is 0 Å². The molecule has 0 aliphatic heterocycles. The highest BCUT2D eigenvalue weighted by molar-refractivity contribution is 5.69. The van der Waals surface area contributed by atoms with Gasteiger partial charge in [0.1, 0.15) is 11.6 Å². The summed E-state index contributed by atoms with van der Waals surface area (Å²) >= 11 is 0. The molecule has 3 aromatic rings. The Labute approximate surface area is 153 Å². The van der Waals surface area contributed by atoms with Crippen molar-refractivity contribution < 1.29 is 14.8 Å². The van der Waals surface area contributed by atoms with Crippen LogP contribution in [0, 0.1) is 10.1 Å². The Balaban J connectivity index is 1.96. The molecule has 0 saturated carbocycles. The number of carboxylic acid groups (broad SMARTS) is 1. The average molecular weight is 365 g/mol. The lowest BCUT2D eigenvalue weighted by molar-refractivity contribution is -0.384. The molecule has 0 saturated heterocycles. The van der Waals surface area contributed by atoms with Crippen LogP contribution >= 0.6 is 0 Å². The number of anilines is 2. The molecular weight excluding hydrogens is 350 g/mol. The number of aryl methyl sites for hydroxylation is 1. The second kappa shape index (κ2) is 8.00. The van der Waals surface area contributed by atoms with Crippen molar-refractivity contribution in [3.8, 4) is 11.3 Å². The summed E-state index contributed by atoms with van der Waals surface area (Å²) in [7, 11) is 0. The predicted octanol–water partition coefficient (Wildman–Crippen LogP) is 3.21. The second-order valence-electron chi connectivity index (χ2n) is 5.66. The Hall–Kier alpha value is -3.88. The van der Waals surface area contributed by atoms with E-state index in [9.17, 15) is 14.9 Å². The minimum atomic E-state index is -0.885. The van der Waals surface area contributed by atoms with Gasteiger partial charge in [-0.3, -0.25) is 19.9 Å². The van der Waals surface area contributed by atoms with Crippen LogP contribution in [0.4, 0.5) is 17.3 Å². The van der Waals surface area contributed by atoms with Gasteiger partial charge >= 0.3 is 5.97 Å². The molecule has 1 aromatic carbocycles. The van der Waals surface area contributed by atoms with Gasteiger partial charge in [-0.1, -0.05) is 18.2 Å².